The Bertz CT molecular complexity index is 436. The maximum atomic E-state index is 12.0. The Balaban J connectivity index is 2.25. The van der Waals surface area contributed by atoms with E-state index in [1.165, 1.54) is 0 Å². The van der Waals surface area contributed by atoms with Crippen LogP contribution in [-0.4, -0.2) is 37.6 Å². The van der Waals surface area contributed by atoms with Crippen molar-refractivity contribution in [1.82, 2.24) is 4.90 Å². The number of ether oxygens (including phenoxy) is 1. The Hall–Kier alpha value is -1.06. The van der Waals surface area contributed by atoms with E-state index in [1.54, 1.807) is 0 Å². The maximum absolute atomic E-state index is 12.0. The molecule has 1 aliphatic heterocycles. The van der Waals surface area contributed by atoms with Crippen LogP contribution in [0.25, 0.3) is 0 Å². The van der Waals surface area contributed by atoms with Crippen molar-refractivity contribution in [3.8, 4) is 0 Å². The number of halogens is 1. The number of carbonyl (C=O) groups is 1. The lowest BCUT2D eigenvalue weighted by molar-refractivity contribution is -0.147. The minimum atomic E-state index is -0.119. The first kappa shape index (κ1) is 13.4. The number of nitrogens with zero attached hydrogens (tertiary/aromatic N) is 1. The average molecular weight is 268 g/mol. The molecule has 0 aromatic heterocycles. The van der Waals surface area contributed by atoms with Gasteiger partial charge in [0.05, 0.1) is 12.5 Å². The lowest BCUT2D eigenvalue weighted by Crippen LogP contribution is -2.24. The van der Waals surface area contributed by atoms with Gasteiger partial charge in [-0.1, -0.05) is 29.8 Å². The summed E-state index contributed by atoms with van der Waals surface area (Å²) in [5.41, 5.74) is 1.04. The molecule has 1 fully saturated rings. The largest absolute Gasteiger partial charge is 0.466 e. The molecule has 1 saturated heterocycles. The summed E-state index contributed by atoms with van der Waals surface area (Å²) in [6.07, 6.45) is 0. The fraction of sp³-hybridized carbons (Fsp3) is 0.500. The Labute approximate surface area is 113 Å². The van der Waals surface area contributed by atoms with Crippen LogP contribution in [0.15, 0.2) is 24.3 Å². The predicted molar refractivity (Wildman–Crippen MR) is 71.8 cm³/mol. The second-order valence-corrected chi connectivity index (χ2v) is 5.11. The van der Waals surface area contributed by atoms with Crippen LogP contribution < -0.4 is 0 Å². The molecule has 0 spiro atoms. The summed E-state index contributed by atoms with van der Waals surface area (Å²) < 4.78 is 5.16. The van der Waals surface area contributed by atoms with Crippen molar-refractivity contribution in [3.05, 3.63) is 34.9 Å². The summed E-state index contributed by atoms with van der Waals surface area (Å²) in [5.74, 6) is -0.107. The molecule has 0 amide bonds. The van der Waals surface area contributed by atoms with Gasteiger partial charge in [0.15, 0.2) is 0 Å². The van der Waals surface area contributed by atoms with Gasteiger partial charge in [-0.25, -0.2) is 0 Å². The van der Waals surface area contributed by atoms with Crippen LogP contribution in [0.3, 0.4) is 0 Å². The molecule has 0 bridgehead atoms. The van der Waals surface area contributed by atoms with E-state index in [-0.39, 0.29) is 17.8 Å². The number of hydrogen-bond acceptors (Lipinski definition) is 3. The molecule has 98 valence electrons. The van der Waals surface area contributed by atoms with Crippen LogP contribution in [0.4, 0.5) is 0 Å². The van der Waals surface area contributed by atoms with Crippen LogP contribution in [-0.2, 0) is 9.53 Å². The van der Waals surface area contributed by atoms with Gasteiger partial charge in [0, 0.05) is 24.0 Å². The summed E-state index contributed by atoms with van der Waals surface area (Å²) >= 11 is 6.23. The van der Waals surface area contributed by atoms with Crippen LogP contribution in [0, 0.1) is 5.92 Å². The fourth-order valence-corrected chi connectivity index (χ4v) is 2.86. The Morgan fingerprint density at radius 2 is 2.17 bits per heavy atom. The second-order valence-electron chi connectivity index (χ2n) is 4.71. The molecule has 3 nitrogen and oxygen atoms in total. The summed E-state index contributed by atoms with van der Waals surface area (Å²) in [4.78, 5) is 14.1. The monoisotopic (exact) mass is 267 g/mol. The summed E-state index contributed by atoms with van der Waals surface area (Å²) in [5, 5.41) is 0.729. The smallest absolute Gasteiger partial charge is 0.310 e. The number of likely N-dealkylation sites (tertiary alicyclic amines) is 1. The number of hydrogen-bond donors (Lipinski definition) is 0. The zero-order chi connectivity index (χ0) is 13.1. The van der Waals surface area contributed by atoms with Crippen molar-refractivity contribution in [2.45, 2.75) is 12.8 Å². The van der Waals surface area contributed by atoms with Gasteiger partial charge in [-0.05, 0) is 25.6 Å². The van der Waals surface area contributed by atoms with Crippen molar-refractivity contribution in [3.63, 3.8) is 0 Å². The topological polar surface area (TPSA) is 29.5 Å². The molecule has 1 aromatic carbocycles. The van der Waals surface area contributed by atoms with E-state index in [2.05, 4.69) is 4.90 Å². The molecule has 18 heavy (non-hydrogen) atoms. The molecule has 2 unspecified atom stereocenters. The van der Waals surface area contributed by atoms with Gasteiger partial charge in [0.2, 0.25) is 0 Å². The Morgan fingerprint density at radius 3 is 2.83 bits per heavy atom. The normalized spacial score (nSPS) is 24.2. The summed E-state index contributed by atoms with van der Waals surface area (Å²) in [6, 6.07) is 7.74. The second kappa shape index (κ2) is 5.72. The molecule has 0 N–H and O–H groups in total. The van der Waals surface area contributed by atoms with Gasteiger partial charge in [0.25, 0.3) is 0 Å². The van der Waals surface area contributed by atoms with Crippen molar-refractivity contribution >= 4 is 17.6 Å². The Kier molecular flexibility index (Phi) is 4.25. The van der Waals surface area contributed by atoms with E-state index >= 15 is 0 Å². The molecule has 2 rings (SSSR count). The molecule has 4 heteroatoms. The third-order valence-corrected chi connectivity index (χ3v) is 3.74. The predicted octanol–water partition coefficient (Wildman–Crippen LogP) is 2.55. The van der Waals surface area contributed by atoms with E-state index in [0.29, 0.717) is 6.61 Å². The first-order valence-electron chi connectivity index (χ1n) is 6.23. The minimum Gasteiger partial charge on any atom is -0.466 e. The first-order chi connectivity index (χ1) is 8.63. The zero-order valence-corrected chi connectivity index (χ0v) is 11.5. The molecule has 2 atom stereocenters. The van der Waals surface area contributed by atoms with Crippen molar-refractivity contribution < 1.29 is 9.53 Å². The van der Waals surface area contributed by atoms with E-state index < -0.39 is 0 Å². The fourth-order valence-electron chi connectivity index (χ4n) is 2.58. The standard InChI is InChI=1S/C14H18ClNO2/c1-3-18-14(17)12-9-16(2)8-11(12)10-6-4-5-7-13(10)15/h4-7,11-12H,3,8-9H2,1-2H3. The minimum absolute atomic E-state index is 0.116. The van der Waals surface area contributed by atoms with E-state index in [9.17, 15) is 4.79 Å². The number of benzene rings is 1. The maximum Gasteiger partial charge on any atom is 0.310 e. The quantitative estimate of drug-likeness (QED) is 0.789. The lowest BCUT2D eigenvalue weighted by Gasteiger charge is -2.18. The zero-order valence-electron chi connectivity index (χ0n) is 10.7. The van der Waals surface area contributed by atoms with Crippen LogP contribution in [0.1, 0.15) is 18.4 Å². The van der Waals surface area contributed by atoms with E-state index in [1.807, 2.05) is 38.2 Å². The van der Waals surface area contributed by atoms with E-state index in [4.69, 9.17) is 16.3 Å². The van der Waals surface area contributed by atoms with E-state index in [0.717, 1.165) is 23.7 Å². The Morgan fingerprint density at radius 1 is 1.44 bits per heavy atom. The lowest BCUT2D eigenvalue weighted by atomic mass is 9.89. The number of likely N-dealkylation sites (N-methyl/N-ethyl adjacent to an activating group) is 1. The molecule has 1 aromatic rings. The highest BCUT2D eigenvalue weighted by atomic mass is 35.5. The van der Waals surface area contributed by atoms with Crippen LogP contribution in [0.2, 0.25) is 5.02 Å². The molecule has 1 aliphatic rings. The van der Waals surface area contributed by atoms with Crippen molar-refractivity contribution in [1.29, 1.82) is 0 Å². The SMILES string of the molecule is CCOC(=O)C1CN(C)CC1c1ccccc1Cl. The summed E-state index contributed by atoms with van der Waals surface area (Å²) in [7, 11) is 2.02. The number of carbonyl (C=O) groups excluding carboxylic acids is 1. The average Bonchev–Trinajstić information content (AvgIpc) is 2.72. The number of rotatable bonds is 3. The van der Waals surface area contributed by atoms with Crippen LogP contribution in [0.5, 0.6) is 0 Å². The van der Waals surface area contributed by atoms with Crippen molar-refractivity contribution in [2.75, 3.05) is 26.7 Å². The van der Waals surface area contributed by atoms with Gasteiger partial charge < -0.3 is 9.64 Å². The van der Waals surface area contributed by atoms with Gasteiger partial charge in [0.1, 0.15) is 0 Å². The molecular weight excluding hydrogens is 250 g/mol. The van der Waals surface area contributed by atoms with Gasteiger partial charge >= 0.3 is 5.97 Å². The number of esters is 1. The van der Waals surface area contributed by atoms with Gasteiger partial charge in [-0.15, -0.1) is 0 Å². The third kappa shape index (κ3) is 2.68. The van der Waals surface area contributed by atoms with Crippen molar-refractivity contribution in [2.24, 2.45) is 5.92 Å². The highest BCUT2D eigenvalue weighted by Gasteiger charge is 2.38. The highest BCUT2D eigenvalue weighted by Crippen LogP contribution is 2.36. The van der Waals surface area contributed by atoms with Gasteiger partial charge in [-0.2, -0.15) is 0 Å². The molecule has 0 saturated carbocycles. The molecule has 1 heterocycles. The highest BCUT2D eigenvalue weighted by molar-refractivity contribution is 6.31. The third-order valence-electron chi connectivity index (χ3n) is 3.40. The first-order valence-corrected chi connectivity index (χ1v) is 6.61. The molecule has 0 radical (unpaired) electrons. The molecule has 0 aliphatic carbocycles. The van der Waals surface area contributed by atoms with Crippen LogP contribution >= 0.6 is 11.6 Å². The molecular formula is C14H18ClNO2. The summed E-state index contributed by atoms with van der Waals surface area (Å²) in [6.45, 7) is 3.83. The van der Waals surface area contributed by atoms with Gasteiger partial charge in [-0.3, -0.25) is 4.79 Å².